The van der Waals surface area contributed by atoms with Crippen molar-refractivity contribution in [2.45, 2.75) is 45.8 Å². The highest BCUT2D eigenvalue weighted by atomic mass is 19.4. The molecule has 8 heteroatoms. The number of alkyl halides is 3. The molecule has 1 aliphatic rings. The van der Waals surface area contributed by atoms with Gasteiger partial charge in [0.05, 0.1) is 11.6 Å². The first-order valence-electron chi connectivity index (χ1n) is 9.48. The number of halogens is 4. The van der Waals surface area contributed by atoms with Crippen LogP contribution in [0, 0.1) is 11.2 Å². The van der Waals surface area contributed by atoms with Crippen molar-refractivity contribution in [1.82, 2.24) is 5.32 Å². The van der Waals surface area contributed by atoms with Crippen LogP contribution in [0.1, 0.15) is 71.5 Å². The molecule has 0 bridgehead atoms. The molecule has 1 aliphatic heterocycles. The van der Waals surface area contributed by atoms with Crippen LogP contribution >= 0.6 is 0 Å². The van der Waals surface area contributed by atoms with Crippen LogP contribution in [0.2, 0.25) is 0 Å². The van der Waals surface area contributed by atoms with Gasteiger partial charge < -0.3 is 10.6 Å². The van der Waals surface area contributed by atoms with Gasteiger partial charge in [-0.15, -0.1) is 0 Å². The second-order valence-corrected chi connectivity index (χ2v) is 8.57. The van der Waals surface area contributed by atoms with Gasteiger partial charge >= 0.3 is 6.18 Å². The Kier molecular flexibility index (Phi) is 5.62. The van der Waals surface area contributed by atoms with E-state index in [9.17, 15) is 27.2 Å². The van der Waals surface area contributed by atoms with Crippen molar-refractivity contribution in [3.63, 3.8) is 0 Å². The van der Waals surface area contributed by atoms with Crippen molar-refractivity contribution in [1.29, 1.82) is 0 Å². The minimum absolute atomic E-state index is 0.0290. The highest BCUT2D eigenvalue weighted by molar-refractivity contribution is 6.07. The Morgan fingerprint density at radius 2 is 1.83 bits per heavy atom. The fourth-order valence-corrected chi connectivity index (χ4v) is 3.43. The maximum atomic E-state index is 13.7. The van der Waals surface area contributed by atoms with Crippen LogP contribution in [0.3, 0.4) is 0 Å². The molecule has 0 spiro atoms. The van der Waals surface area contributed by atoms with Crippen LogP contribution in [0.5, 0.6) is 0 Å². The Morgan fingerprint density at radius 1 is 1.13 bits per heavy atom. The van der Waals surface area contributed by atoms with Gasteiger partial charge in [-0.2, -0.15) is 13.2 Å². The number of carbonyl (C=O) groups is 2. The molecule has 0 fully saturated rings. The molecular weight excluding hydrogens is 400 g/mol. The molecule has 2 N–H and O–H groups in total. The van der Waals surface area contributed by atoms with Gasteiger partial charge in [-0.1, -0.05) is 26.8 Å². The lowest BCUT2D eigenvalue weighted by Gasteiger charge is -2.22. The van der Waals surface area contributed by atoms with Gasteiger partial charge in [0.2, 0.25) is 0 Å². The summed E-state index contributed by atoms with van der Waals surface area (Å²) < 4.78 is 52.5. The number of hydrogen-bond acceptors (Lipinski definition) is 2. The number of hydrogen-bond donors (Lipinski definition) is 2. The average molecular weight is 422 g/mol. The number of benzene rings is 2. The molecular formula is C22H22F4N2O2. The number of fused-ring (bicyclic) bond motifs is 1. The van der Waals surface area contributed by atoms with E-state index < -0.39 is 29.0 Å². The summed E-state index contributed by atoms with van der Waals surface area (Å²) >= 11 is 0. The van der Waals surface area contributed by atoms with Crippen molar-refractivity contribution in [3.8, 4) is 0 Å². The highest BCUT2D eigenvalue weighted by Gasteiger charge is 2.34. The van der Waals surface area contributed by atoms with Gasteiger partial charge in [-0.05, 0) is 48.6 Å². The van der Waals surface area contributed by atoms with E-state index in [1.165, 1.54) is 0 Å². The molecule has 0 saturated heterocycles. The van der Waals surface area contributed by atoms with E-state index in [2.05, 4.69) is 31.4 Å². The Bertz CT molecular complexity index is 994. The lowest BCUT2D eigenvalue weighted by molar-refractivity contribution is -0.137. The van der Waals surface area contributed by atoms with Gasteiger partial charge in [0, 0.05) is 22.4 Å². The number of amides is 2. The Labute approximate surface area is 171 Å². The van der Waals surface area contributed by atoms with E-state index in [0.717, 1.165) is 12.5 Å². The molecule has 0 aliphatic carbocycles. The molecule has 0 aromatic heterocycles. The molecule has 160 valence electrons. The first-order chi connectivity index (χ1) is 13.8. The van der Waals surface area contributed by atoms with Crippen molar-refractivity contribution >= 4 is 17.5 Å². The van der Waals surface area contributed by atoms with E-state index in [-0.39, 0.29) is 17.4 Å². The zero-order valence-electron chi connectivity index (χ0n) is 16.8. The van der Waals surface area contributed by atoms with E-state index in [4.69, 9.17) is 0 Å². The van der Waals surface area contributed by atoms with Gasteiger partial charge in [0.1, 0.15) is 5.82 Å². The largest absolute Gasteiger partial charge is 0.416 e. The fourth-order valence-electron chi connectivity index (χ4n) is 3.43. The monoisotopic (exact) mass is 422 g/mol. The third-order valence-electron chi connectivity index (χ3n) is 4.92. The van der Waals surface area contributed by atoms with Crippen LogP contribution in [0.25, 0.3) is 0 Å². The molecule has 2 aromatic carbocycles. The normalized spacial score (nSPS) is 16.2. The summed E-state index contributed by atoms with van der Waals surface area (Å²) in [6.07, 6.45) is -3.34. The van der Waals surface area contributed by atoms with Gasteiger partial charge in [0.25, 0.3) is 11.8 Å². The van der Waals surface area contributed by atoms with Crippen molar-refractivity contribution < 1.29 is 27.2 Å². The molecule has 30 heavy (non-hydrogen) atoms. The first kappa shape index (κ1) is 21.8. The molecule has 0 radical (unpaired) electrons. The summed E-state index contributed by atoms with van der Waals surface area (Å²) in [5.41, 5.74) is -0.363. The van der Waals surface area contributed by atoms with E-state index >= 15 is 0 Å². The van der Waals surface area contributed by atoms with E-state index in [1.54, 1.807) is 18.2 Å². The smallest absolute Gasteiger partial charge is 0.345 e. The molecule has 1 atom stereocenters. The molecule has 0 saturated carbocycles. The number of carbonyl (C=O) groups excluding carboxylic acids is 2. The topological polar surface area (TPSA) is 58.2 Å². The molecule has 2 aromatic rings. The maximum Gasteiger partial charge on any atom is 0.416 e. The summed E-state index contributed by atoms with van der Waals surface area (Å²) in [7, 11) is 0. The van der Waals surface area contributed by atoms with E-state index in [1.807, 2.05) is 0 Å². The van der Waals surface area contributed by atoms with Crippen LogP contribution in [-0.4, -0.2) is 11.8 Å². The number of nitrogens with one attached hydrogen (secondary N) is 2. The Morgan fingerprint density at radius 3 is 2.47 bits per heavy atom. The molecule has 4 nitrogen and oxygen atoms in total. The van der Waals surface area contributed by atoms with Crippen molar-refractivity contribution in [3.05, 3.63) is 64.5 Å². The van der Waals surface area contributed by atoms with E-state index in [0.29, 0.717) is 35.4 Å². The third-order valence-corrected chi connectivity index (χ3v) is 4.92. The summed E-state index contributed by atoms with van der Waals surface area (Å²) in [5.74, 6) is -2.32. The fraction of sp³-hybridized carbons (Fsp3) is 0.364. The third kappa shape index (κ3) is 4.80. The minimum Gasteiger partial charge on any atom is -0.345 e. The highest BCUT2D eigenvalue weighted by Crippen LogP contribution is 2.37. The molecule has 1 heterocycles. The SMILES string of the molecule is CC(C)(C)CCC1NC(=O)c2cccc(NC(=O)c3cc(F)cc(C(F)(F)F)c3)c21. The van der Waals surface area contributed by atoms with Gasteiger partial charge in [0.15, 0.2) is 0 Å². The summed E-state index contributed by atoms with van der Waals surface area (Å²) in [6, 6.07) is 6.12. The van der Waals surface area contributed by atoms with Gasteiger partial charge in [-0.25, -0.2) is 4.39 Å². The Balaban J connectivity index is 1.91. The summed E-state index contributed by atoms with van der Waals surface area (Å²) in [4.78, 5) is 24.9. The maximum absolute atomic E-state index is 13.7. The van der Waals surface area contributed by atoms with Crippen LogP contribution < -0.4 is 10.6 Å². The minimum atomic E-state index is -4.78. The predicted octanol–water partition coefficient (Wildman–Crippen LogP) is 5.71. The molecule has 2 amide bonds. The standard InChI is InChI=1S/C22H22F4N2O2/c1-21(2,3)8-7-17-18-15(20(30)28-17)5-4-6-16(18)27-19(29)12-9-13(22(24,25)26)11-14(23)10-12/h4-6,9-11,17H,7-8H2,1-3H3,(H,27,29)(H,28,30). The van der Waals surface area contributed by atoms with Crippen molar-refractivity contribution in [2.24, 2.45) is 5.41 Å². The number of anilines is 1. The van der Waals surface area contributed by atoms with Crippen molar-refractivity contribution in [2.75, 3.05) is 5.32 Å². The van der Waals surface area contributed by atoms with Crippen LogP contribution in [0.15, 0.2) is 36.4 Å². The van der Waals surface area contributed by atoms with Crippen LogP contribution in [0.4, 0.5) is 23.2 Å². The lowest BCUT2D eigenvalue weighted by atomic mass is 9.87. The summed E-state index contributed by atoms with van der Waals surface area (Å²) in [5, 5.41) is 5.43. The zero-order chi connectivity index (χ0) is 22.3. The lowest BCUT2D eigenvalue weighted by Crippen LogP contribution is -2.21. The van der Waals surface area contributed by atoms with Gasteiger partial charge in [-0.3, -0.25) is 9.59 Å². The average Bonchev–Trinajstić information content (AvgIpc) is 2.95. The Hall–Kier alpha value is -2.90. The quantitative estimate of drug-likeness (QED) is 0.621. The zero-order valence-corrected chi connectivity index (χ0v) is 16.8. The second kappa shape index (κ2) is 7.74. The predicted molar refractivity (Wildman–Crippen MR) is 105 cm³/mol. The molecule has 1 unspecified atom stereocenters. The second-order valence-electron chi connectivity index (χ2n) is 8.57. The van der Waals surface area contributed by atoms with Crippen LogP contribution in [-0.2, 0) is 6.18 Å². The number of rotatable bonds is 4. The summed E-state index contributed by atoms with van der Waals surface area (Å²) in [6.45, 7) is 6.21. The molecule has 3 rings (SSSR count). The first-order valence-corrected chi connectivity index (χ1v) is 9.48.